The fraction of sp³-hybridized carbons (Fsp3) is 0.312. The quantitative estimate of drug-likeness (QED) is 0.366. The average molecular weight is 361 g/mol. The average Bonchev–Trinajstić information content (AvgIpc) is 2.50. The topological polar surface area (TPSA) is 72.5 Å². The maximum atomic E-state index is 13.6. The number of nitrogens with one attached hydrogen (secondary N) is 1. The van der Waals surface area contributed by atoms with E-state index in [0.29, 0.717) is 12.1 Å². The van der Waals surface area contributed by atoms with Crippen molar-refractivity contribution in [1.82, 2.24) is 5.32 Å². The summed E-state index contributed by atoms with van der Waals surface area (Å²) in [7, 11) is 0. The third-order valence-corrected chi connectivity index (χ3v) is 2.96. The Balaban J connectivity index is 2.85. The zero-order chi connectivity index (χ0) is 19.2. The van der Waals surface area contributed by atoms with Gasteiger partial charge in [-0.2, -0.15) is 13.2 Å². The van der Waals surface area contributed by atoms with E-state index in [0.717, 1.165) is 25.1 Å². The van der Waals surface area contributed by atoms with Crippen molar-refractivity contribution in [3.05, 3.63) is 41.2 Å². The minimum atomic E-state index is -4.69. The molecule has 0 fully saturated rings. The van der Waals surface area contributed by atoms with Gasteiger partial charge >= 0.3 is 12.1 Å². The van der Waals surface area contributed by atoms with Crippen molar-refractivity contribution in [2.45, 2.75) is 26.1 Å². The fourth-order valence-corrected chi connectivity index (χ4v) is 1.75. The molecule has 1 aromatic rings. The summed E-state index contributed by atoms with van der Waals surface area (Å²) in [5.74, 6) is -3.70. The molecule has 0 heterocycles. The fourth-order valence-electron chi connectivity index (χ4n) is 1.75. The van der Waals surface area contributed by atoms with Gasteiger partial charge in [0.2, 0.25) is 5.91 Å². The Morgan fingerprint density at radius 1 is 1.28 bits per heavy atom. The van der Waals surface area contributed by atoms with Gasteiger partial charge in [0.05, 0.1) is 12.2 Å². The second kappa shape index (κ2) is 8.41. The smallest absolute Gasteiger partial charge is 0.416 e. The molecule has 0 aromatic heterocycles. The van der Waals surface area contributed by atoms with E-state index < -0.39 is 41.3 Å². The molecule has 1 atom stereocenters. The molecular weight excluding hydrogens is 346 g/mol. The molecule has 0 aliphatic heterocycles. The largest absolute Gasteiger partial charge is 0.464 e. The Morgan fingerprint density at radius 3 is 2.40 bits per heavy atom. The molecule has 1 aromatic carbocycles. The standard InChI is InChI=1S/C16H15F4NO4/c1-3-25-15(24)14(9(2)22)21-13(23)7-5-10-4-6-11(8-12(10)17)16(18,19)20/h4-8,14H,3H2,1-2H3,(H,21,23)/b7-5+. The number of halogens is 4. The molecule has 0 aliphatic carbocycles. The summed E-state index contributed by atoms with van der Waals surface area (Å²) in [5.41, 5.74) is -1.43. The van der Waals surface area contributed by atoms with Crippen LogP contribution in [0.15, 0.2) is 24.3 Å². The van der Waals surface area contributed by atoms with Crippen molar-refractivity contribution in [3.8, 4) is 0 Å². The van der Waals surface area contributed by atoms with Crippen LogP contribution in [0.4, 0.5) is 17.6 Å². The van der Waals surface area contributed by atoms with Crippen molar-refractivity contribution >= 4 is 23.7 Å². The number of carbonyl (C=O) groups excluding carboxylic acids is 3. The van der Waals surface area contributed by atoms with Crippen molar-refractivity contribution in [2.75, 3.05) is 6.61 Å². The van der Waals surface area contributed by atoms with E-state index in [1.807, 2.05) is 0 Å². The monoisotopic (exact) mass is 361 g/mol. The SMILES string of the molecule is CCOC(=O)C(NC(=O)/C=C/c1ccc(C(F)(F)F)cc1F)C(C)=O. The highest BCUT2D eigenvalue weighted by molar-refractivity contribution is 6.06. The van der Waals surface area contributed by atoms with Crippen LogP contribution in [0, 0.1) is 5.82 Å². The van der Waals surface area contributed by atoms with E-state index in [1.165, 1.54) is 6.92 Å². The van der Waals surface area contributed by atoms with E-state index in [4.69, 9.17) is 0 Å². The maximum Gasteiger partial charge on any atom is 0.416 e. The minimum Gasteiger partial charge on any atom is -0.464 e. The molecule has 1 rings (SSSR count). The molecule has 1 unspecified atom stereocenters. The highest BCUT2D eigenvalue weighted by atomic mass is 19.4. The van der Waals surface area contributed by atoms with Gasteiger partial charge in [-0.15, -0.1) is 0 Å². The molecule has 5 nitrogen and oxygen atoms in total. The van der Waals surface area contributed by atoms with E-state index in [-0.39, 0.29) is 12.2 Å². The lowest BCUT2D eigenvalue weighted by Gasteiger charge is -2.13. The van der Waals surface area contributed by atoms with Crippen molar-refractivity contribution in [1.29, 1.82) is 0 Å². The van der Waals surface area contributed by atoms with Crippen LogP contribution in [0.2, 0.25) is 0 Å². The van der Waals surface area contributed by atoms with Crippen LogP contribution in [0.1, 0.15) is 25.0 Å². The summed E-state index contributed by atoms with van der Waals surface area (Å²) in [6, 6.07) is 0.302. The summed E-state index contributed by atoms with van der Waals surface area (Å²) >= 11 is 0. The van der Waals surface area contributed by atoms with Crippen LogP contribution in [0.5, 0.6) is 0 Å². The third kappa shape index (κ3) is 6.02. The number of rotatable bonds is 6. The number of amides is 1. The normalized spacial score (nSPS) is 12.7. The van der Waals surface area contributed by atoms with E-state index in [2.05, 4.69) is 10.1 Å². The molecule has 0 saturated carbocycles. The maximum absolute atomic E-state index is 13.6. The van der Waals surface area contributed by atoms with Gasteiger partial charge in [-0.25, -0.2) is 9.18 Å². The van der Waals surface area contributed by atoms with E-state index in [9.17, 15) is 31.9 Å². The Kier molecular flexibility index (Phi) is 6.84. The van der Waals surface area contributed by atoms with Crippen molar-refractivity contribution in [3.63, 3.8) is 0 Å². The van der Waals surface area contributed by atoms with Gasteiger partial charge < -0.3 is 10.1 Å². The highest BCUT2D eigenvalue weighted by Crippen LogP contribution is 2.30. The van der Waals surface area contributed by atoms with Crippen LogP contribution in [0.3, 0.4) is 0 Å². The molecule has 0 spiro atoms. The van der Waals surface area contributed by atoms with Crippen LogP contribution in [0.25, 0.3) is 6.08 Å². The summed E-state index contributed by atoms with van der Waals surface area (Å²) < 4.78 is 55.6. The highest BCUT2D eigenvalue weighted by Gasteiger charge is 2.31. The number of ether oxygens (including phenoxy) is 1. The second-order valence-electron chi connectivity index (χ2n) is 4.87. The van der Waals surface area contributed by atoms with Crippen LogP contribution in [-0.4, -0.2) is 30.3 Å². The Morgan fingerprint density at radius 2 is 1.92 bits per heavy atom. The van der Waals surface area contributed by atoms with Crippen molar-refractivity contribution < 1.29 is 36.7 Å². The number of Topliss-reactive ketones (excluding diaryl/α,β-unsaturated/α-hetero) is 1. The van der Waals surface area contributed by atoms with E-state index >= 15 is 0 Å². The number of alkyl halides is 3. The molecule has 1 amide bonds. The zero-order valence-corrected chi connectivity index (χ0v) is 13.3. The zero-order valence-electron chi connectivity index (χ0n) is 13.3. The lowest BCUT2D eigenvalue weighted by atomic mass is 10.1. The van der Waals surface area contributed by atoms with Gasteiger partial charge in [-0.05, 0) is 32.1 Å². The number of benzene rings is 1. The Bertz CT molecular complexity index is 698. The Labute approximate surface area is 140 Å². The van der Waals surface area contributed by atoms with Gasteiger partial charge in [0.1, 0.15) is 5.82 Å². The summed E-state index contributed by atoms with van der Waals surface area (Å²) in [6.07, 6.45) is -2.97. The molecular formula is C16H15F4NO4. The predicted molar refractivity (Wildman–Crippen MR) is 79.7 cm³/mol. The minimum absolute atomic E-state index is 0.00505. The predicted octanol–water partition coefficient (Wildman–Crippen LogP) is 2.49. The van der Waals surface area contributed by atoms with Crippen LogP contribution >= 0.6 is 0 Å². The molecule has 0 bridgehead atoms. The third-order valence-electron chi connectivity index (χ3n) is 2.96. The molecule has 0 radical (unpaired) electrons. The Hall–Kier alpha value is -2.71. The number of hydrogen-bond acceptors (Lipinski definition) is 4. The van der Waals surface area contributed by atoms with E-state index in [1.54, 1.807) is 0 Å². The lowest BCUT2D eigenvalue weighted by molar-refractivity contribution is -0.149. The summed E-state index contributed by atoms with van der Waals surface area (Å²) in [5, 5.41) is 2.07. The molecule has 25 heavy (non-hydrogen) atoms. The first-order chi connectivity index (χ1) is 11.6. The first kappa shape index (κ1) is 20.3. The van der Waals surface area contributed by atoms with Gasteiger partial charge in [-0.1, -0.05) is 6.07 Å². The summed E-state index contributed by atoms with van der Waals surface area (Å²) in [6.45, 7) is 2.59. The van der Waals surface area contributed by atoms with Crippen LogP contribution < -0.4 is 5.32 Å². The molecule has 0 saturated heterocycles. The number of carbonyl (C=O) groups is 3. The number of hydrogen-bond donors (Lipinski definition) is 1. The first-order valence-corrected chi connectivity index (χ1v) is 7.08. The summed E-state index contributed by atoms with van der Waals surface area (Å²) in [4.78, 5) is 34.6. The number of esters is 1. The molecule has 1 N–H and O–H groups in total. The van der Waals surface area contributed by atoms with Gasteiger partial charge in [-0.3, -0.25) is 9.59 Å². The van der Waals surface area contributed by atoms with Crippen molar-refractivity contribution in [2.24, 2.45) is 0 Å². The van der Waals surface area contributed by atoms with Gasteiger partial charge in [0, 0.05) is 11.6 Å². The van der Waals surface area contributed by atoms with Crippen LogP contribution in [-0.2, 0) is 25.3 Å². The first-order valence-electron chi connectivity index (χ1n) is 7.08. The molecule has 136 valence electrons. The van der Waals surface area contributed by atoms with Gasteiger partial charge in [0.15, 0.2) is 11.8 Å². The number of ketones is 1. The second-order valence-corrected chi connectivity index (χ2v) is 4.87. The lowest BCUT2D eigenvalue weighted by Crippen LogP contribution is -2.45. The molecule has 9 heteroatoms. The van der Waals surface area contributed by atoms with Gasteiger partial charge in [0.25, 0.3) is 0 Å². The molecule has 0 aliphatic rings.